The third kappa shape index (κ3) is 3.05. The van der Waals surface area contributed by atoms with Crippen LogP contribution in [-0.4, -0.2) is 0 Å². The highest BCUT2D eigenvalue weighted by molar-refractivity contribution is 5.67. The smallest absolute Gasteiger partial charge is 0.0670 e. The summed E-state index contributed by atoms with van der Waals surface area (Å²) in [5.74, 6) is 0. The molecule has 0 aliphatic heterocycles. The topological polar surface area (TPSA) is 61.8 Å². The van der Waals surface area contributed by atoms with Gasteiger partial charge in [-0.25, -0.2) is 0 Å². The summed E-state index contributed by atoms with van der Waals surface area (Å²) in [5.41, 5.74) is 11.8. The van der Waals surface area contributed by atoms with Crippen molar-refractivity contribution in [3.63, 3.8) is 0 Å². The van der Waals surface area contributed by atoms with E-state index in [1.165, 1.54) is 11.1 Å². The second-order valence-electron chi connectivity index (χ2n) is 4.69. The zero-order valence-electron chi connectivity index (χ0n) is 11.2. The number of nitrogens with zero attached hydrogens (tertiary/aromatic N) is 1. The van der Waals surface area contributed by atoms with Crippen molar-refractivity contribution in [1.29, 1.82) is 5.26 Å². The first-order valence-electron chi connectivity index (χ1n) is 6.20. The van der Waals surface area contributed by atoms with Gasteiger partial charge in [0.05, 0.1) is 12.5 Å². The predicted octanol–water partition coefficient (Wildman–Crippen LogP) is 3.70. The normalized spacial score (nSPS) is 9.95. The van der Waals surface area contributed by atoms with Gasteiger partial charge in [0.15, 0.2) is 0 Å². The van der Waals surface area contributed by atoms with E-state index in [4.69, 9.17) is 11.0 Å². The van der Waals surface area contributed by atoms with Crippen LogP contribution in [0.3, 0.4) is 0 Å². The summed E-state index contributed by atoms with van der Waals surface area (Å²) < 4.78 is 0. The first kappa shape index (κ1) is 13.0. The minimum absolute atomic E-state index is 0.328. The van der Waals surface area contributed by atoms with E-state index in [2.05, 4.69) is 43.4 Å². The Morgan fingerprint density at radius 2 is 1.95 bits per heavy atom. The molecule has 0 atom stereocenters. The third-order valence-electron chi connectivity index (χ3n) is 3.07. The Balaban J connectivity index is 2.28. The SMILES string of the molecule is Cc1ccc(Nc2ccc(N)c(CC#N)c2)c(C)c1. The predicted molar refractivity (Wildman–Crippen MR) is 79.4 cm³/mol. The van der Waals surface area contributed by atoms with Crippen molar-refractivity contribution in [3.05, 3.63) is 53.1 Å². The maximum Gasteiger partial charge on any atom is 0.0670 e. The maximum absolute atomic E-state index is 8.77. The van der Waals surface area contributed by atoms with E-state index in [1.807, 2.05) is 18.2 Å². The fraction of sp³-hybridized carbons (Fsp3) is 0.188. The Labute approximate surface area is 113 Å². The highest BCUT2D eigenvalue weighted by atomic mass is 14.9. The molecule has 0 radical (unpaired) electrons. The van der Waals surface area contributed by atoms with Crippen LogP contribution in [0.5, 0.6) is 0 Å². The van der Waals surface area contributed by atoms with E-state index in [0.29, 0.717) is 12.1 Å². The highest BCUT2D eigenvalue weighted by Crippen LogP contribution is 2.24. The van der Waals surface area contributed by atoms with Gasteiger partial charge in [-0.2, -0.15) is 5.26 Å². The van der Waals surface area contributed by atoms with Gasteiger partial charge in [0.2, 0.25) is 0 Å². The largest absolute Gasteiger partial charge is 0.398 e. The van der Waals surface area contributed by atoms with E-state index in [0.717, 1.165) is 16.9 Å². The molecular weight excluding hydrogens is 234 g/mol. The van der Waals surface area contributed by atoms with Crippen LogP contribution in [0.1, 0.15) is 16.7 Å². The van der Waals surface area contributed by atoms with Crippen LogP contribution in [0.15, 0.2) is 36.4 Å². The number of hydrogen-bond acceptors (Lipinski definition) is 3. The summed E-state index contributed by atoms with van der Waals surface area (Å²) in [5, 5.41) is 12.1. The van der Waals surface area contributed by atoms with Crippen molar-refractivity contribution >= 4 is 17.1 Å². The number of anilines is 3. The molecule has 0 aliphatic carbocycles. The van der Waals surface area contributed by atoms with Crippen LogP contribution < -0.4 is 11.1 Å². The second kappa shape index (κ2) is 5.45. The van der Waals surface area contributed by atoms with Crippen LogP contribution in [-0.2, 0) is 6.42 Å². The fourth-order valence-corrected chi connectivity index (χ4v) is 2.03. The standard InChI is InChI=1S/C16H17N3/c1-11-3-6-16(12(2)9-11)19-14-4-5-15(18)13(10-14)7-8-17/h3-6,9-10,19H,7,18H2,1-2H3. The van der Waals surface area contributed by atoms with E-state index < -0.39 is 0 Å². The van der Waals surface area contributed by atoms with Gasteiger partial charge in [0.25, 0.3) is 0 Å². The lowest BCUT2D eigenvalue weighted by Crippen LogP contribution is -1.98. The fourth-order valence-electron chi connectivity index (χ4n) is 2.03. The molecular formula is C16H17N3. The quantitative estimate of drug-likeness (QED) is 0.818. The molecule has 3 N–H and O–H groups in total. The van der Waals surface area contributed by atoms with Crippen molar-refractivity contribution in [2.75, 3.05) is 11.1 Å². The summed E-state index contributed by atoms with van der Waals surface area (Å²) in [7, 11) is 0. The molecule has 2 aromatic rings. The number of aryl methyl sites for hydroxylation is 2. The second-order valence-corrected chi connectivity index (χ2v) is 4.69. The Bertz CT molecular complexity index is 639. The molecule has 0 heterocycles. The monoisotopic (exact) mass is 251 g/mol. The van der Waals surface area contributed by atoms with E-state index in [-0.39, 0.29) is 0 Å². The molecule has 2 aromatic carbocycles. The zero-order valence-corrected chi connectivity index (χ0v) is 11.2. The lowest BCUT2D eigenvalue weighted by atomic mass is 10.1. The minimum Gasteiger partial charge on any atom is -0.398 e. The van der Waals surface area contributed by atoms with Crippen LogP contribution in [0, 0.1) is 25.2 Å². The summed E-state index contributed by atoms with van der Waals surface area (Å²) in [4.78, 5) is 0. The molecule has 3 heteroatoms. The molecule has 0 saturated carbocycles. The van der Waals surface area contributed by atoms with E-state index in [9.17, 15) is 0 Å². The summed E-state index contributed by atoms with van der Waals surface area (Å²) in [6.45, 7) is 4.15. The molecule has 0 aromatic heterocycles. The van der Waals surface area contributed by atoms with Crippen molar-refractivity contribution in [1.82, 2.24) is 0 Å². The minimum atomic E-state index is 0.328. The Hall–Kier alpha value is -2.47. The third-order valence-corrected chi connectivity index (χ3v) is 3.07. The van der Waals surface area contributed by atoms with Crippen LogP contribution in [0.25, 0.3) is 0 Å². The van der Waals surface area contributed by atoms with Gasteiger partial charge in [-0.15, -0.1) is 0 Å². The average molecular weight is 251 g/mol. The number of benzene rings is 2. The summed E-state index contributed by atoms with van der Waals surface area (Å²) in [6.07, 6.45) is 0.328. The van der Waals surface area contributed by atoms with Gasteiger partial charge >= 0.3 is 0 Å². The van der Waals surface area contributed by atoms with Gasteiger partial charge < -0.3 is 11.1 Å². The van der Waals surface area contributed by atoms with Crippen molar-refractivity contribution in [2.24, 2.45) is 0 Å². The van der Waals surface area contributed by atoms with Crippen molar-refractivity contribution in [2.45, 2.75) is 20.3 Å². The molecule has 0 aliphatic rings. The number of nitrogen functional groups attached to an aromatic ring is 1. The average Bonchev–Trinajstić information content (AvgIpc) is 2.37. The van der Waals surface area contributed by atoms with E-state index >= 15 is 0 Å². The van der Waals surface area contributed by atoms with E-state index in [1.54, 1.807) is 0 Å². The zero-order chi connectivity index (χ0) is 13.8. The summed E-state index contributed by atoms with van der Waals surface area (Å²) >= 11 is 0. The summed E-state index contributed by atoms with van der Waals surface area (Å²) in [6, 6.07) is 14.1. The lowest BCUT2D eigenvalue weighted by Gasteiger charge is -2.12. The van der Waals surface area contributed by atoms with Gasteiger partial charge in [0.1, 0.15) is 0 Å². The molecule has 0 saturated heterocycles. The molecule has 2 rings (SSSR count). The van der Waals surface area contributed by atoms with Gasteiger partial charge in [-0.3, -0.25) is 0 Å². The van der Waals surface area contributed by atoms with Gasteiger partial charge in [-0.1, -0.05) is 17.7 Å². The van der Waals surface area contributed by atoms with Crippen molar-refractivity contribution in [3.8, 4) is 6.07 Å². The lowest BCUT2D eigenvalue weighted by molar-refractivity contribution is 1.26. The van der Waals surface area contributed by atoms with Crippen LogP contribution in [0.2, 0.25) is 0 Å². The molecule has 3 nitrogen and oxygen atoms in total. The molecule has 19 heavy (non-hydrogen) atoms. The number of nitrogens with one attached hydrogen (secondary N) is 1. The first-order chi connectivity index (χ1) is 9.10. The number of hydrogen-bond donors (Lipinski definition) is 2. The molecule has 0 unspecified atom stereocenters. The van der Waals surface area contributed by atoms with Crippen LogP contribution >= 0.6 is 0 Å². The van der Waals surface area contributed by atoms with Gasteiger partial charge in [-0.05, 0) is 49.2 Å². The maximum atomic E-state index is 8.77. The Kier molecular flexibility index (Phi) is 3.72. The Morgan fingerprint density at radius 1 is 1.16 bits per heavy atom. The molecule has 0 amide bonds. The van der Waals surface area contributed by atoms with Gasteiger partial charge in [0, 0.05) is 17.1 Å². The highest BCUT2D eigenvalue weighted by Gasteiger charge is 2.03. The molecule has 0 bridgehead atoms. The van der Waals surface area contributed by atoms with Crippen molar-refractivity contribution < 1.29 is 0 Å². The molecule has 96 valence electrons. The molecule has 0 spiro atoms. The van der Waals surface area contributed by atoms with Crippen LogP contribution in [0.4, 0.5) is 17.1 Å². The number of nitriles is 1. The number of rotatable bonds is 3. The molecule has 0 fully saturated rings. The Morgan fingerprint density at radius 3 is 2.63 bits per heavy atom. The first-order valence-corrected chi connectivity index (χ1v) is 6.20. The number of nitrogens with two attached hydrogens (primary N) is 1.